The Morgan fingerprint density at radius 3 is 2.06 bits per heavy atom. The van der Waals surface area contributed by atoms with Crippen LogP contribution >= 0.6 is 11.3 Å². The lowest BCUT2D eigenvalue weighted by Crippen LogP contribution is -2.49. The van der Waals surface area contributed by atoms with Gasteiger partial charge in [-0.1, -0.05) is 0 Å². The molecule has 0 aliphatic carbocycles. The van der Waals surface area contributed by atoms with Gasteiger partial charge in [0.1, 0.15) is 11.5 Å². The van der Waals surface area contributed by atoms with Crippen molar-refractivity contribution in [3.8, 4) is 22.8 Å². The summed E-state index contributed by atoms with van der Waals surface area (Å²) in [5.41, 5.74) is 1.32. The van der Waals surface area contributed by atoms with E-state index in [2.05, 4.69) is 4.98 Å². The summed E-state index contributed by atoms with van der Waals surface area (Å²) in [6.07, 6.45) is 0. The summed E-state index contributed by atoms with van der Waals surface area (Å²) >= 11 is 1.29. The number of sulfonamides is 1. The smallest absolute Gasteiger partial charge is 0.249 e. The fourth-order valence-corrected chi connectivity index (χ4v) is 6.02. The lowest BCUT2D eigenvalue weighted by atomic mass is 10.1. The molecule has 0 unspecified atom stereocenters. The fraction of sp³-hybridized carbons (Fsp3) is 0.286. The van der Waals surface area contributed by atoms with E-state index in [1.807, 2.05) is 0 Å². The summed E-state index contributed by atoms with van der Waals surface area (Å²) < 4.78 is 105. The second-order valence-electron chi connectivity index (χ2n) is 7.37. The average Bonchev–Trinajstić information content (AvgIpc) is 3.36. The van der Waals surface area contributed by atoms with E-state index in [1.165, 1.54) is 25.6 Å². The van der Waals surface area contributed by atoms with Crippen molar-refractivity contribution in [1.82, 2.24) is 9.29 Å². The first kappa shape index (κ1) is 25.1. The number of piperazine rings is 1. The SMILES string of the molecule is COc1ccc(-c2csc(N3CCN(S(=O)(=O)c4c(F)c(F)c(F)c(F)c4F)CC3)n2)c(OC)c1. The van der Waals surface area contributed by atoms with E-state index in [0.29, 0.717) is 32.2 Å². The number of rotatable bonds is 6. The lowest BCUT2D eigenvalue weighted by molar-refractivity contribution is 0.344. The Labute approximate surface area is 201 Å². The Bertz CT molecular complexity index is 1350. The summed E-state index contributed by atoms with van der Waals surface area (Å²) in [5, 5.41) is 2.35. The summed E-state index contributed by atoms with van der Waals surface area (Å²) in [6, 6.07) is 5.24. The first-order chi connectivity index (χ1) is 16.6. The summed E-state index contributed by atoms with van der Waals surface area (Å²) in [6.45, 7) is -0.326. The molecular weight excluding hydrogens is 517 g/mol. The van der Waals surface area contributed by atoms with E-state index in [9.17, 15) is 30.4 Å². The van der Waals surface area contributed by atoms with Gasteiger partial charge in [-0.3, -0.25) is 0 Å². The average molecular weight is 536 g/mol. The van der Waals surface area contributed by atoms with Crippen molar-refractivity contribution in [2.24, 2.45) is 0 Å². The molecule has 2 heterocycles. The van der Waals surface area contributed by atoms with E-state index in [1.54, 1.807) is 28.5 Å². The number of ether oxygens (including phenoxy) is 2. The molecule has 0 bridgehead atoms. The molecule has 1 aliphatic heterocycles. The number of anilines is 1. The van der Waals surface area contributed by atoms with Gasteiger partial charge in [0, 0.05) is 43.2 Å². The van der Waals surface area contributed by atoms with Crippen LogP contribution in [0.5, 0.6) is 11.5 Å². The van der Waals surface area contributed by atoms with Crippen molar-refractivity contribution in [3.05, 3.63) is 52.7 Å². The Hall–Kier alpha value is -2.97. The van der Waals surface area contributed by atoms with Gasteiger partial charge in [0.2, 0.25) is 15.8 Å². The Kier molecular flexibility index (Phi) is 6.88. The van der Waals surface area contributed by atoms with Crippen LogP contribution in [0.2, 0.25) is 0 Å². The predicted molar refractivity (Wildman–Crippen MR) is 118 cm³/mol. The minimum atomic E-state index is -4.98. The molecule has 0 radical (unpaired) electrons. The van der Waals surface area contributed by atoms with Crippen molar-refractivity contribution in [3.63, 3.8) is 0 Å². The standard InChI is InChI=1S/C21H18F5N3O4S2/c1-32-11-3-4-12(14(9-11)33-2)13-10-34-21(27-13)28-5-7-29(8-6-28)35(30,31)20-18(25)16(23)15(22)17(24)19(20)26/h3-4,9-10H,5-8H2,1-2H3. The number of thiazole rings is 1. The van der Waals surface area contributed by atoms with Crippen molar-refractivity contribution in [2.75, 3.05) is 45.3 Å². The zero-order valence-corrected chi connectivity index (χ0v) is 20.0. The molecule has 4 rings (SSSR count). The summed E-state index contributed by atoms with van der Waals surface area (Å²) in [7, 11) is -1.94. The highest BCUT2D eigenvalue weighted by molar-refractivity contribution is 7.89. The second kappa shape index (κ2) is 9.59. The normalized spacial score (nSPS) is 14.9. The van der Waals surface area contributed by atoms with Crippen LogP contribution in [0.25, 0.3) is 11.3 Å². The van der Waals surface area contributed by atoms with Crippen LogP contribution in [0, 0.1) is 29.1 Å². The molecule has 1 saturated heterocycles. The molecule has 0 atom stereocenters. The second-order valence-corrected chi connectivity index (χ2v) is 10.1. The highest BCUT2D eigenvalue weighted by Gasteiger charge is 2.38. The van der Waals surface area contributed by atoms with E-state index in [-0.39, 0.29) is 26.2 Å². The number of hydrogen-bond donors (Lipinski definition) is 0. The molecule has 1 aliphatic rings. The largest absolute Gasteiger partial charge is 0.497 e. The molecule has 2 aromatic carbocycles. The summed E-state index contributed by atoms with van der Waals surface area (Å²) in [5.74, 6) is -10.7. The quantitative estimate of drug-likeness (QED) is 0.270. The Morgan fingerprint density at radius 2 is 1.49 bits per heavy atom. The Morgan fingerprint density at radius 1 is 0.886 bits per heavy atom. The van der Waals surface area contributed by atoms with Gasteiger partial charge in [-0.25, -0.2) is 35.4 Å². The maximum absolute atomic E-state index is 14.1. The van der Waals surface area contributed by atoms with Crippen LogP contribution in [-0.2, 0) is 10.0 Å². The van der Waals surface area contributed by atoms with E-state index in [0.717, 1.165) is 0 Å². The van der Waals surface area contributed by atoms with E-state index >= 15 is 0 Å². The van der Waals surface area contributed by atoms with E-state index < -0.39 is 44.0 Å². The molecule has 0 amide bonds. The van der Waals surface area contributed by atoms with Gasteiger partial charge >= 0.3 is 0 Å². The van der Waals surface area contributed by atoms with Crippen LogP contribution in [0.4, 0.5) is 27.1 Å². The van der Waals surface area contributed by atoms with Gasteiger partial charge in [-0.15, -0.1) is 11.3 Å². The third-order valence-corrected chi connectivity index (χ3v) is 8.27. The van der Waals surface area contributed by atoms with Gasteiger partial charge in [0.25, 0.3) is 0 Å². The van der Waals surface area contributed by atoms with Crippen LogP contribution in [0.1, 0.15) is 0 Å². The number of halogens is 5. The summed E-state index contributed by atoms with van der Waals surface area (Å²) in [4.78, 5) is 4.47. The molecule has 0 N–H and O–H groups in total. The molecule has 0 saturated carbocycles. The van der Waals surface area contributed by atoms with Gasteiger partial charge in [-0.2, -0.15) is 4.31 Å². The van der Waals surface area contributed by atoms with Crippen LogP contribution in [-0.4, -0.2) is 58.1 Å². The first-order valence-corrected chi connectivity index (χ1v) is 12.4. The number of nitrogens with zero attached hydrogens (tertiary/aromatic N) is 3. The van der Waals surface area contributed by atoms with Crippen molar-refractivity contribution in [2.45, 2.75) is 4.90 Å². The highest BCUT2D eigenvalue weighted by atomic mass is 32.2. The lowest BCUT2D eigenvalue weighted by Gasteiger charge is -2.33. The molecule has 3 aromatic rings. The van der Waals surface area contributed by atoms with Crippen LogP contribution < -0.4 is 14.4 Å². The van der Waals surface area contributed by atoms with Gasteiger partial charge in [0.05, 0.1) is 19.9 Å². The molecule has 7 nitrogen and oxygen atoms in total. The molecule has 188 valence electrons. The third-order valence-electron chi connectivity index (χ3n) is 5.45. The van der Waals surface area contributed by atoms with Crippen molar-refractivity contribution < 1.29 is 39.8 Å². The third kappa shape index (κ3) is 4.41. The number of hydrogen-bond acceptors (Lipinski definition) is 7. The van der Waals surface area contributed by atoms with Gasteiger partial charge < -0.3 is 14.4 Å². The van der Waals surface area contributed by atoms with Crippen molar-refractivity contribution in [1.29, 1.82) is 0 Å². The molecule has 1 aromatic heterocycles. The molecule has 0 spiro atoms. The minimum absolute atomic E-state index is 0.0847. The number of aromatic nitrogens is 1. The molecule has 35 heavy (non-hydrogen) atoms. The number of benzene rings is 2. The fourth-order valence-electron chi connectivity index (χ4n) is 3.60. The zero-order valence-electron chi connectivity index (χ0n) is 18.3. The predicted octanol–water partition coefficient (Wildman–Crippen LogP) is 4.03. The molecular formula is C21H18F5N3O4S2. The monoisotopic (exact) mass is 535 g/mol. The Balaban J connectivity index is 1.53. The zero-order chi connectivity index (χ0) is 25.5. The highest BCUT2D eigenvalue weighted by Crippen LogP contribution is 2.36. The van der Waals surface area contributed by atoms with E-state index in [4.69, 9.17) is 9.47 Å². The van der Waals surface area contributed by atoms with Gasteiger partial charge in [0.15, 0.2) is 33.3 Å². The maximum Gasteiger partial charge on any atom is 0.249 e. The maximum atomic E-state index is 14.1. The van der Waals surface area contributed by atoms with Crippen molar-refractivity contribution >= 4 is 26.5 Å². The first-order valence-electron chi connectivity index (χ1n) is 10.0. The topological polar surface area (TPSA) is 72.0 Å². The number of methoxy groups -OCH3 is 2. The van der Waals surface area contributed by atoms with Crippen LogP contribution in [0.15, 0.2) is 28.5 Å². The molecule has 14 heteroatoms. The van der Waals surface area contributed by atoms with Gasteiger partial charge in [-0.05, 0) is 12.1 Å². The van der Waals surface area contributed by atoms with Crippen LogP contribution in [0.3, 0.4) is 0 Å². The minimum Gasteiger partial charge on any atom is -0.497 e. The molecule has 1 fully saturated rings.